The van der Waals surface area contributed by atoms with Gasteiger partial charge in [-0.2, -0.15) is 0 Å². The van der Waals surface area contributed by atoms with Crippen LogP contribution in [0.4, 0.5) is 5.13 Å². The van der Waals surface area contributed by atoms with E-state index in [2.05, 4.69) is 28.7 Å². The van der Waals surface area contributed by atoms with Crippen LogP contribution in [-0.4, -0.2) is 12.1 Å². The van der Waals surface area contributed by atoms with Gasteiger partial charge in [0.05, 0.1) is 12.8 Å². The lowest BCUT2D eigenvalue weighted by Gasteiger charge is -2.05. The van der Waals surface area contributed by atoms with Crippen LogP contribution in [0.3, 0.4) is 0 Å². The van der Waals surface area contributed by atoms with Crippen LogP contribution in [0.5, 0.6) is 5.75 Å². The van der Waals surface area contributed by atoms with Crippen molar-refractivity contribution >= 4 is 16.5 Å². The van der Waals surface area contributed by atoms with E-state index in [0.29, 0.717) is 0 Å². The van der Waals surface area contributed by atoms with Crippen LogP contribution >= 0.6 is 11.3 Å². The molecular formula is C13H16N2OS. The highest BCUT2D eigenvalue weighted by atomic mass is 32.1. The van der Waals surface area contributed by atoms with Crippen molar-refractivity contribution in [2.24, 2.45) is 0 Å². The Labute approximate surface area is 105 Å². The van der Waals surface area contributed by atoms with Crippen molar-refractivity contribution in [3.05, 3.63) is 40.9 Å². The molecule has 0 aliphatic carbocycles. The van der Waals surface area contributed by atoms with Gasteiger partial charge in [-0.1, -0.05) is 19.1 Å². The molecule has 0 saturated carbocycles. The van der Waals surface area contributed by atoms with Crippen molar-refractivity contribution < 1.29 is 4.74 Å². The van der Waals surface area contributed by atoms with E-state index in [1.54, 1.807) is 18.4 Å². The second-order valence-corrected chi connectivity index (χ2v) is 4.56. The van der Waals surface area contributed by atoms with E-state index >= 15 is 0 Å². The highest BCUT2D eigenvalue weighted by Gasteiger charge is 2.00. The number of nitrogens with one attached hydrogen (secondary N) is 1. The zero-order valence-corrected chi connectivity index (χ0v) is 10.9. The fourth-order valence-corrected chi connectivity index (χ4v) is 2.30. The number of hydrogen-bond acceptors (Lipinski definition) is 4. The minimum absolute atomic E-state index is 0.772. The van der Waals surface area contributed by atoms with Crippen molar-refractivity contribution in [3.8, 4) is 5.75 Å². The number of thiazole rings is 1. The number of rotatable bonds is 5. The molecule has 0 bridgehead atoms. The first-order chi connectivity index (χ1) is 8.31. The maximum atomic E-state index is 5.19. The number of benzene rings is 1. The van der Waals surface area contributed by atoms with Gasteiger partial charge < -0.3 is 10.1 Å². The third-order valence-electron chi connectivity index (χ3n) is 2.49. The number of anilines is 1. The first kappa shape index (κ1) is 11.9. The van der Waals surface area contributed by atoms with Gasteiger partial charge in [0.2, 0.25) is 0 Å². The van der Waals surface area contributed by atoms with E-state index in [1.807, 2.05) is 18.2 Å². The number of aromatic nitrogens is 1. The lowest BCUT2D eigenvalue weighted by Crippen LogP contribution is -1.99. The highest BCUT2D eigenvalue weighted by Crippen LogP contribution is 2.18. The smallest absolute Gasteiger partial charge is 0.183 e. The summed E-state index contributed by atoms with van der Waals surface area (Å²) in [5.41, 5.74) is 2.33. The first-order valence-corrected chi connectivity index (χ1v) is 6.51. The average molecular weight is 248 g/mol. The highest BCUT2D eigenvalue weighted by molar-refractivity contribution is 7.13. The Hall–Kier alpha value is -1.55. The fraction of sp³-hybridized carbons (Fsp3) is 0.308. The Kier molecular flexibility index (Phi) is 3.98. The summed E-state index contributed by atoms with van der Waals surface area (Å²) in [6.07, 6.45) is 0.983. The third-order valence-corrected chi connectivity index (χ3v) is 3.34. The zero-order chi connectivity index (χ0) is 12.1. The molecule has 0 unspecified atom stereocenters. The van der Waals surface area contributed by atoms with Crippen molar-refractivity contribution in [2.75, 3.05) is 12.4 Å². The molecule has 0 radical (unpaired) electrons. The molecule has 1 N–H and O–H groups in total. The van der Waals surface area contributed by atoms with E-state index < -0.39 is 0 Å². The topological polar surface area (TPSA) is 34.1 Å². The molecule has 2 aromatic rings. The molecule has 4 heteroatoms. The Balaban J connectivity index is 1.96. The zero-order valence-electron chi connectivity index (χ0n) is 10.1. The molecule has 17 heavy (non-hydrogen) atoms. The average Bonchev–Trinajstić information content (AvgIpc) is 2.84. The van der Waals surface area contributed by atoms with Gasteiger partial charge in [-0.25, -0.2) is 4.98 Å². The molecule has 0 amide bonds. The van der Waals surface area contributed by atoms with Crippen LogP contribution in [0.2, 0.25) is 0 Å². The Morgan fingerprint density at radius 2 is 2.29 bits per heavy atom. The van der Waals surface area contributed by atoms with Gasteiger partial charge in [0.15, 0.2) is 5.13 Å². The summed E-state index contributed by atoms with van der Waals surface area (Å²) < 4.78 is 5.19. The molecule has 3 nitrogen and oxygen atoms in total. The normalized spacial score (nSPS) is 10.2. The van der Waals surface area contributed by atoms with Crippen molar-refractivity contribution in [3.63, 3.8) is 0 Å². The van der Waals surface area contributed by atoms with Crippen LogP contribution in [0.25, 0.3) is 0 Å². The van der Waals surface area contributed by atoms with E-state index in [-0.39, 0.29) is 0 Å². The van der Waals surface area contributed by atoms with Gasteiger partial charge in [-0.3, -0.25) is 0 Å². The van der Waals surface area contributed by atoms with E-state index in [0.717, 1.165) is 29.5 Å². The standard InChI is InChI=1S/C13H16N2OS/c1-3-11-9-17-13(15-11)14-8-10-5-4-6-12(7-10)16-2/h4-7,9H,3,8H2,1-2H3,(H,14,15). The molecule has 0 saturated heterocycles. The summed E-state index contributed by atoms with van der Waals surface area (Å²) in [4.78, 5) is 4.46. The molecular weight excluding hydrogens is 232 g/mol. The van der Waals surface area contributed by atoms with Crippen molar-refractivity contribution in [1.82, 2.24) is 4.98 Å². The number of nitrogens with zero attached hydrogens (tertiary/aromatic N) is 1. The summed E-state index contributed by atoms with van der Waals surface area (Å²) in [5.74, 6) is 0.887. The summed E-state index contributed by atoms with van der Waals surface area (Å²) in [7, 11) is 1.68. The SMILES string of the molecule is CCc1csc(NCc2cccc(OC)c2)n1. The summed E-state index contributed by atoms with van der Waals surface area (Å²) >= 11 is 1.65. The second-order valence-electron chi connectivity index (χ2n) is 3.70. The quantitative estimate of drug-likeness (QED) is 0.881. The number of methoxy groups -OCH3 is 1. The van der Waals surface area contributed by atoms with Crippen LogP contribution < -0.4 is 10.1 Å². The molecule has 90 valence electrons. The number of hydrogen-bond donors (Lipinski definition) is 1. The molecule has 0 spiro atoms. The van der Waals surface area contributed by atoms with Gasteiger partial charge in [-0.15, -0.1) is 11.3 Å². The van der Waals surface area contributed by atoms with Gasteiger partial charge in [0.1, 0.15) is 5.75 Å². The van der Waals surface area contributed by atoms with E-state index in [1.165, 1.54) is 5.56 Å². The molecule has 2 rings (SSSR count). The molecule has 0 aliphatic heterocycles. The third kappa shape index (κ3) is 3.20. The van der Waals surface area contributed by atoms with Crippen LogP contribution in [0, 0.1) is 0 Å². The number of ether oxygens (including phenoxy) is 1. The van der Waals surface area contributed by atoms with Crippen molar-refractivity contribution in [1.29, 1.82) is 0 Å². The van der Waals surface area contributed by atoms with Crippen LogP contribution in [0.1, 0.15) is 18.2 Å². The summed E-state index contributed by atoms with van der Waals surface area (Å²) in [5, 5.41) is 6.39. The summed E-state index contributed by atoms with van der Waals surface area (Å²) in [6.45, 7) is 2.88. The Morgan fingerprint density at radius 3 is 3.00 bits per heavy atom. The van der Waals surface area contributed by atoms with Gasteiger partial charge in [0, 0.05) is 11.9 Å². The van der Waals surface area contributed by atoms with Gasteiger partial charge in [-0.05, 0) is 24.1 Å². The molecule has 1 aromatic carbocycles. The number of aryl methyl sites for hydroxylation is 1. The minimum Gasteiger partial charge on any atom is -0.497 e. The van der Waals surface area contributed by atoms with Crippen LogP contribution in [-0.2, 0) is 13.0 Å². The minimum atomic E-state index is 0.772. The Bertz CT molecular complexity index is 482. The molecule has 1 aromatic heterocycles. The molecule has 0 aliphatic rings. The summed E-state index contributed by atoms with van der Waals surface area (Å²) in [6, 6.07) is 8.04. The lowest BCUT2D eigenvalue weighted by atomic mass is 10.2. The van der Waals surface area contributed by atoms with Gasteiger partial charge >= 0.3 is 0 Å². The van der Waals surface area contributed by atoms with Gasteiger partial charge in [0.25, 0.3) is 0 Å². The maximum absolute atomic E-state index is 5.19. The monoisotopic (exact) mass is 248 g/mol. The Morgan fingerprint density at radius 1 is 1.41 bits per heavy atom. The van der Waals surface area contributed by atoms with Crippen molar-refractivity contribution in [2.45, 2.75) is 19.9 Å². The molecule has 1 heterocycles. The van der Waals surface area contributed by atoms with E-state index in [9.17, 15) is 0 Å². The van der Waals surface area contributed by atoms with E-state index in [4.69, 9.17) is 4.74 Å². The second kappa shape index (κ2) is 5.68. The predicted molar refractivity (Wildman–Crippen MR) is 71.8 cm³/mol. The maximum Gasteiger partial charge on any atom is 0.183 e. The molecule has 0 fully saturated rings. The molecule has 0 atom stereocenters. The lowest BCUT2D eigenvalue weighted by molar-refractivity contribution is 0.414. The fourth-order valence-electron chi connectivity index (χ4n) is 1.51. The predicted octanol–water partition coefficient (Wildman–Crippen LogP) is 3.33. The largest absolute Gasteiger partial charge is 0.497 e. The first-order valence-electron chi connectivity index (χ1n) is 5.63. The van der Waals surface area contributed by atoms with Crippen LogP contribution in [0.15, 0.2) is 29.6 Å².